The first-order valence-electron chi connectivity index (χ1n) is 7.06. The van der Waals surface area contributed by atoms with Gasteiger partial charge < -0.3 is 0 Å². The van der Waals surface area contributed by atoms with E-state index >= 15 is 0 Å². The van der Waals surface area contributed by atoms with Crippen molar-refractivity contribution >= 4 is 10.4 Å². The predicted molar refractivity (Wildman–Crippen MR) is 84.7 cm³/mol. The van der Waals surface area contributed by atoms with Gasteiger partial charge in [0.05, 0.1) is 0 Å². The molecule has 0 fully saturated rings. The summed E-state index contributed by atoms with van der Waals surface area (Å²) in [7, 11) is -4.67. The summed E-state index contributed by atoms with van der Waals surface area (Å²) >= 11 is 0. The number of pyridine rings is 1. The number of benzene rings is 1. The normalized spacial score (nSPS) is 12.1. The zero-order chi connectivity index (χ0) is 16.4. The molecule has 0 aliphatic carbocycles. The lowest BCUT2D eigenvalue weighted by Gasteiger charge is -2.11. The van der Waals surface area contributed by atoms with Crippen LogP contribution in [0.3, 0.4) is 0 Å². The zero-order valence-electron chi connectivity index (χ0n) is 12.5. The molecule has 1 atom stereocenters. The maximum absolute atomic E-state index is 8.74. The van der Waals surface area contributed by atoms with Gasteiger partial charge in [-0.25, -0.2) is 4.57 Å². The van der Waals surface area contributed by atoms with Crippen molar-refractivity contribution < 1.29 is 22.1 Å². The Hall–Kier alpha value is -1.76. The first-order valence-corrected chi connectivity index (χ1v) is 8.46. The largest absolute Gasteiger partial charge is 0.394 e. The van der Waals surface area contributed by atoms with Gasteiger partial charge in [-0.2, -0.15) is 8.42 Å². The quantitative estimate of drug-likeness (QED) is 0.654. The second kappa shape index (κ2) is 9.30. The van der Waals surface area contributed by atoms with Crippen LogP contribution in [-0.2, 0) is 23.4 Å². The maximum Gasteiger partial charge on any atom is 0.394 e. The minimum Gasteiger partial charge on any atom is -0.264 e. The molecule has 1 heterocycles. The molecule has 6 heteroatoms. The van der Waals surface area contributed by atoms with Gasteiger partial charge >= 0.3 is 10.4 Å². The molecule has 5 nitrogen and oxygen atoms in total. The molecule has 0 radical (unpaired) electrons. The molecule has 0 saturated heterocycles. The van der Waals surface area contributed by atoms with Crippen LogP contribution in [0.15, 0.2) is 60.9 Å². The zero-order valence-corrected chi connectivity index (χ0v) is 13.4. The van der Waals surface area contributed by atoms with Crippen molar-refractivity contribution in [1.82, 2.24) is 0 Å². The molecule has 0 amide bonds. The predicted octanol–water partition coefficient (Wildman–Crippen LogP) is 2.59. The third-order valence-corrected chi connectivity index (χ3v) is 3.19. The van der Waals surface area contributed by atoms with Crippen molar-refractivity contribution in [2.45, 2.75) is 26.3 Å². The van der Waals surface area contributed by atoms with Crippen molar-refractivity contribution in [3.05, 3.63) is 66.5 Å². The maximum atomic E-state index is 8.74. The van der Waals surface area contributed by atoms with Gasteiger partial charge in [0, 0.05) is 18.1 Å². The van der Waals surface area contributed by atoms with Gasteiger partial charge in [0.2, 0.25) is 0 Å². The van der Waals surface area contributed by atoms with Gasteiger partial charge in [-0.3, -0.25) is 9.11 Å². The fourth-order valence-corrected chi connectivity index (χ4v) is 2.14. The van der Waals surface area contributed by atoms with E-state index in [1.54, 1.807) is 0 Å². The average molecular weight is 324 g/mol. The fraction of sp³-hybridized carbons (Fsp3) is 0.312. The van der Waals surface area contributed by atoms with Gasteiger partial charge in [0.15, 0.2) is 18.9 Å². The second-order valence-corrected chi connectivity index (χ2v) is 5.88. The van der Waals surface area contributed by atoms with Crippen LogP contribution in [0.1, 0.15) is 18.9 Å². The van der Waals surface area contributed by atoms with E-state index in [0.717, 1.165) is 6.54 Å². The molecular weight excluding hydrogens is 302 g/mol. The molecule has 0 bridgehead atoms. The lowest BCUT2D eigenvalue weighted by molar-refractivity contribution is -0.703. The van der Waals surface area contributed by atoms with E-state index in [2.05, 4.69) is 72.4 Å². The summed E-state index contributed by atoms with van der Waals surface area (Å²) in [6.07, 6.45) is 6.68. The van der Waals surface area contributed by atoms with Crippen LogP contribution in [0.25, 0.3) is 0 Å². The first-order chi connectivity index (χ1) is 10.4. The highest BCUT2D eigenvalue weighted by Crippen LogP contribution is 2.12. The summed E-state index contributed by atoms with van der Waals surface area (Å²) in [5.74, 6) is 0.713. The number of hydrogen-bond donors (Lipinski definition) is 2. The molecular formula is C16H22NO4S+. The van der Waals surface area contributed by atoms with Crippen LogP contribution >= 0.6 is 0 Å². The lowest BCUT2D eigenvalue weighted by Crippen LogP contribution is -2.37. The standard InChI is InChI=1S/C16H20N.H2O4S/c1-2-15(13-16-9-5-3-6-10-16)14-17-11-7-4-8-12-17;1-5(2,3)4/h3-12,15H,2,13-14H2,1H3;(H2,1,2,3,4)/q+1;. The molecule has 1 aromatic heterocycles. The van der Waals surface area contributed by atoms with Crippen molar-refractivity contribution in [3.63, 3.8) is 0 Å². The summed E-state index contributed by atoms with van der Waals surface area (Å²) in [5.41, 5.74) is 1.44. The molecule has 120 valence electrons. The molecule has 1 aromatic carbocycles. The Morgan fingerprint density at radius 3 is 2.00 bits per heavy atom. The SMILES string of the molecule is CCC(Cc1ccccc1)C[n+]1ccccc1.O=S(=O)(O)O. The number of hydrogen-bond acceptors (Lipinski definition) is 2. The van der Waals surface area contributed by atoms with E-state index < -0.39 is 10.4 Å². The molecule has 2 N–H and O–H groups in total. The van der Waals surface area contributed by atoms with Gasteiger partial charge in [-0.1, -0.05) is 43.3 Å². The van der Waals surface area contributed by atoms with Crippen molar-refractivity contribution in [1.29, 1.82) is 0 Å². The Kier molecular flexibility index (Phi) is 7.73. The number of rotatable bonds is 5. The average Bonchev–Trinajstić information content (AvgIpc) is 2.47. The van der Waals surface area contributed by atoms with Crippen molar-refractivity contribution in [2.75, 3.05) is 0 Å². The smallest absolute Gasteiger partial charge is 0.264 e. The Balaban J connectivity index is 0.000000422. The monoisotopic (exact) mass is 324 g/mol. The highest BCUT2D eigenvalue weighted by Gasteiger charge is 2.12. The molecule has 0 spiro atoms. The van der Waals surface area contributed by atoms with Gasteiger partial charge in [0.25, 0.3) is 0 Å². The topological polar surface area (TPSA) is 78.5 Å². The molecule has 0 aliphatic heterocycles. The van der Waals surface area contributed by atoms with E-state index in [1.165, 1.54) is 18.4 Å². The van der Waals surface area contributed by atoms with E-state index in [0.29, 0.717) is 5.92 Å². The number of nitrogens with zero attached hydrogens (tertiary/aromatic N) is 1. The van der Waals surface area contributed by atoms with Crippen LogP contribution in [0.5, 0.6) is 0 Å². The minimum atomic E-state index is -4.67. The molecule has 0 saturated carbocycles. The third kappa shape index (κ3) is 9.23. The summed E-state index contributed by atoms with van der Waals surface area (Å²) < 4.78 is 33.9. The van der Waals surface area contributed by atoms with Crippen LogP contribution < -0.4 is 4.57 Å². The van der Waals surface area contributed by atoms with Gasteiger partial charge in [-0.15, -0.1) is 0 Å². The fourth-order valence-electron chi connectivity index (χ4n) is 2.14. The molecule has 2 aromatic rings. The van der Waals surface area contributed by atoms with E-state index in [1.807, 2.05) is 0 Å². The Morgan fingerprint density at radius 2 is 1.50 bits per heavy atom. The van der Waals surface area contributed by atoms with E-state index in [4.69, 9.17) is 17.5 Å². The third-order valence-electron chi connectivity index (χ3n) is 3.19. The molecule has 2 rings (SSSR count). The van der Waals surface area contributed by atoms with E-state index in [9.17, 15) is 0 Å². The van der Waals surface area contributed by atoms with Gasteiger partial charge in [0.1, 0.15) is 0 Å². The number of aromatic nitrogens is 1. The Bertz CT molecular complexity index is 580. The Morgan fingerprint density at radius 1 is 1.00 bits per heavy atom. The highest BCUT2D eigenvalue weighted by atomic mass is 32.3. The highest BCUT2D eigenvalue weighted by molar-refractivity contribution is 7.79. The summed E-state index contributed by atoms with van der Waals surface area (Å²) in [6.45, 7) is 3.38. The van der Waals surface area contributed by atoms with Crippen LogP contribution in [-0.4, -0.2) is 17.5 Å². The Labute approximate surface area is 131 Å². The molecule has 22 heavy (non-hydrogen) atoms. The summed E-state index contributed by atoms with van der Waals surface area (Å²) in [4.78, 5) is 0. The molecule has 0 aliphatic rings. The lowest BCUT2D eigenvalue weighted by atomic mass is 9.97. The summed E-state index contributed by atoms with van der Waals surface area (Å²) in [6, 6.07) is 17.0. The first kappa shape index (κ1) is 18.3. The van der Waals surface area contributed by atoms with Crippen LogP contribution in [0.2, 0.25) is 0 Å². The summed E-state index contributed by atoms with van der Waals surface area (Å²) in [5, 5.41) is 0. The van der Waals surface area contributed by atoms with Crippen LogP contribution in [0, 0.1) is 5.92 Å². The molecule has 1 unspecified atom stereocenters. The van der Waals surface area contributed by atoms with E-state index in [-0.39, 0.29) is 0 Å². The van der Waals surface area contributed by atoms with Crippen molar-refractivity contribution in [3.8, 4) is 0 Å². The minimum absolute atomic E-state index is 0.713. The second-order valence-electron chi connectivity index (χ2n) is 4.98. The van der Waals surface area contributed by atoms with Crippen molar-refractivity contribution in [2.24, 2.45) is 5.92 Å². The van der Waals surface area contributed by atoms with Gasteiger partial charge in [-0.05, 0) is 18.4 Å². The van der Waals surface area contributed by atoms with Crippen LogP contribution in [0.4, 0.5) is 0 Å².